The SMILES string of the molecule is C[C@@H](N)c1ccc(Sc2nc3ccccc3s2)c(Cl)c1. The number of nitrogens with two attached hydrogens (primary N) is 1. The molecule has 0 aliphatic carbocycles. The van der Waals surface area contributed by atoms with Gasteiger partial charge in [-0.15, -0.1) is 11.3 Å². The molecular formula is C15H13ClN2S2. The van der Waals surface area contributed by atoms with Gasteiger partial charge >= 0.3 is 0 Å². The van der Waals surface area contributed by atoms with Crippen LogP contribution in [0.4, 0.5) is 0 Å². The molecule has 1 aromatic heterocycles. The summed E-state index contributed by atoms with van der Waals surface area (Å²) in [6.45, 7) is 1.95. The average molecular weight is 321 g/mol. The van der Waals surface area contributed by atoms with Gasteiger partial charge in [0, 0.05) is 10.9 Å². The minimum Gasteiger partial charge on any atom is -0.324 e. The lowest BCUT2D eigenvalue weighted by atomic mass is 10.1. The summed E-state index contributed by atoms with van der Waals surface area (Å²) < 4.78 is 2.19. The Morgan fingerprint density at radius 1 is 1.25 bits per heavy atom. The number of para-hydroxylation sites is 1. The number of thiazole rings is 1. The fraction of sp³-hybridized carbons (Fsp3) is 0.133. The molecule has 0 spiro atoms. The van der Waals surface area contributed by atoms with Crippen molar-refractivity contribution >= 4 is 44.9 Å². The summed E-state index contributed by atoms with van der Waals surface area (Å²) >= 11 is 9.60. The third kappa shape index (κ3) is 2.83. The van der Waals surface area contributed by atoms with Crippen molar-refractivity contribution in [1.82, 2.24) is 4.98 Å². The smallest absolute Gasteiger partial charge is 0.155 e. The number of hydrogen-bond donors (Lipinski definition) is 1. The maximum absolute atomic E-state index is 6.32. The Kier molecular flexibility index (Phi) is 3.98. The number of rotatable bonds is 3. The second-order valence-electron chi connectivity index (χ2n) is 4.53. The molecular weight excluding hydrogens is 308 g/mol. The van der Waals surface area contributed by atoms with Crippen molar-refractivity contribution in [1.29, 1.82) is 0 Å². The molecule has 0 saturated carbocycles. The topological polar surface area (TPSA) is 38.9 Å². The summed E-state index contributed by atoms with van der Waals surface area (Å²) in [6, 6.07) is 14.1. The highest BCUT2D eigenvalue weighted by Crippen LogP contribution is 2.38. The quantitative estimate of drug-likeness (QED) is 0.728. The fourth-order valence-corrected chi connectivity index (χ4v) is 4.20. The molecule has 0 saturated heterocycles. The van der Waals surface area contributed by atoms with E-state index in [4.69, 9.17) is 17.3 Å². The standard InChI is InChI=1S/C15H13ClN2S2/c1-9(17)10-6-7-13(11(16)8-10)19-15-18-12-4-2-3-5-14(12)20-15/h2-9H,17H2,1H3/t9-/m1/s1. The highest BCUT2D eigenvalue weighted by molar-refractivity contribution is 8.01. The maximum atomic E-state index is 6.32. The van der Waals surface area contributed by atoms with Gasteiger partial charge in [0.15, 0.2) is 4.34 Å². The molecule has 0 unspecified atom stereocenters. The molecule has 3 rings (SSSR count). The lowest BCUT2D eigenvalue weighted by Gasteiger charge is -2.08. The Bertz CT molecular complexity index is 719. The van der Waals surface area contributed by atoms with E-state index in [0.29, 0.717) is 0 Å². The largest absolute Gasteiger partial charge is 0.324 e. The summed E-state index contributed by atoms with van der Waals surface area (Å²) in [4.78, 5) is 5.61. The van der Waals surface area contributed by atoms with E-state index in [1.165, 1.54) is 4.70 Å². The summed E-state index contributed by atoms with van der Waals surface area (Å²) in [5, 5.41) is 0.726. The first-order chi connectivity index (χ1) is 9.63. The summed E-state index contributed by atoms with van der Waals surface area (Å²) in [7, 11) is 0. The van der Waals surface area contributed by atoms with E-state index in [1.54, 1.807) is 23.1 Å². The van der Waals surface area contributed by atoms with Crippen molar-refractivity contribution in [3.8, 4) is 0 Å². The van der Waals surface area contributed by atoms with Crippen molar-refractivity contribution in [3.63, 3.8) is 0 Å². The molecule has 2 aromatic carbocycles. The Morgan fingerprint density at radius 2 is 2.05 bits per heavy atom. The van der Waals surface area contributed by atoms with Gasteiger partial charge in [-0.1, -0.05) is 41.6 Å². The summed E-state index contributed by atoms with van der Waals surface area (Å²) in [6.07, 6.45) is 0. The van der Waals surface area contributed by atoms with Gasteiger partial charge in [-0.05, 0) is 36.8 Å². The van der Waals surface area contributed by atoms with Crippen LogP contribution in [0.15, 0.2) is 51.7 Å². The van der Waals surface area contributed by atoms with Crippen molar-refractivity contribution in [2.45, 2.75) is 22.2 Å². The van der Waals surface area contributed by atoms with E-state index in [9.17, 15) is 0 Å². The average Bonchev–Trinajstić information content (AvgIpc) is 2.83. The van der Waals surface area contributed by atoms with E-state index in [1.807, 2.05) is 43.3 Å². The van der Waals surface area contributed by atoms with Gasteiger partial charge in [0.2, 0.25) is 0 Å². The van der Waals surface area contributed by atoms with Crippen molar-refractivity contribution < 1.29 is 0 Å². The number of aromatic nitrogens is 1. The minimum atomic E-state index is -0.00555. The van der Waals surface area contributed by atoms with Crippen LogP contribution in [0, 0.1) is 0 Å². The van der Waals surface area contributed by atoms with Crippen LogP contribution >= 0.6 is 34.7 Å². The Labute approximate surface area is 131 Å². The van der Waals surface area contributed by atoms with Crippen molar-refractivity contribution in [2.24, 2.45) is 5.73 Å². The maximum Gasteiger partial charge on any atom is 0.155 e. The summed E-state index contributed by atoms with van der Waals surface area (Å²) in [5.74, 6) is 0. The van der Waals surface area contributed by atoms with Crippen molar-refractivity contribution in [2.75, 3.05) is 0 Å². The van der Waals surface area contributed by atoms with E-state index < -0.39 is 0 Å². The highest BCUT2D eigenvalue weighted by atomic mass is 35.5. The fourth-order valence-electron chi connectivity index (χ4n) is 1.87. The monoisotopic (exact) mass is 320 g/mol. The normalized spacial score (nSPS) is 12.8. The molecule has 1 atom stereocenters. The second kappa shape index (κ2) is 5.74. The number of fused-ring (bicyclic) bond motifs is 1. The highest BCUT2D eigenvalue weighted by Gasteiger charge is 2.09. The molecule has 0 amide bonds. The minimum absolute atomic E-state index is 0.00555. The number of benzene rings is 2. The molecule has 0 bridgehead atoms. The lowest BCUT2D eigenvalue weighted by Crippen LogP contribution is -2.04. The second-order valence-corrected chi connectivity index (χ2v) is 7.26. The van der Waals surface area contributed by atoms with Gasteiger partial charge in [-0.25, -0.2) is 4.98 Å². The first-order valence-electron chi connectivity index (χ1n) is 6.22. The molecule has 0 aliphatic rings. The van der Waals surface area contributed by atoms with Gasteiger partial charge in [-0.2, -0.15) is 0 Å². The molecule has 3 aromatic rings. The van der Waals surface area contributed by atoms with Gasteiger partial charge in [0.25, 0.3) is 0 Å². The van der Waals surface area contributed by atoms with E-state index >= 15 is 0 Å². The molecule has 0 radical (unpaired) electrons. The number of hydrogen-bond acceptors (Lipinski definition) is 4. The molecule has 2 N–H and O–H groups in total. The first-order valence-corrected chi connectivity index (χ1v) is 8.23. The first kappa shape index (κ1) is 13.9. The van der Waals surface area contributed by atoms with Gasteiger partial charge in [-0.3, -0.25) is 0 Å². The summed E-state index contributed by atoms with van der Waals surface area (Å²) in [5.41, 5.74) is 7.94. The molecule has 20 heavy (non-hydrogen) atoms. The predicted octanol–water partition coefficient (Wildman–Crippen LogP) is 5.12. The van der Waals surface area contributed by atoms with Crippen LogP contribution in [0.3, 0.4) is 0 Å². The molecule has 0 fully saturated rings. The Hall–Kier alpha value is -1.07. The molecule has 2 nitrogen and oxygen atoms in total. The molecule has 5 heteroatoms. The number of halogens is 1. The third-order valence-electron chi connectivity index (χ3n) is 2.95. The van der Waals surface area contributed by atoms with E-state index in [0.717, 1.165) is 25.3 Å². The zero-order valence-electron chi connectivity index (χ0n) is 10.8. The molecule has 102 valence electrons. The Balaban J connectivity index is 1.90. The number of nitrogens with zero attached hydrogens (tertiary/aromatic N) is 1. The lowest BCUT2D eigenvalue weighted by molar-refractivity contribution is 0.817. The van der Waals surface area contributed by atoms with E-state index in [-0.39, 0.29) is 6.04 Å². The van der Waals surface area contributed by atoms with Crippen LogP contribution in [-0.4, -0.2) is 4.98 Å². The predicted molar refractivity (Wildman–Crippen MR) is 87.8 cm³/mol. The third-order valence-corrected chi connectivity index (χ3v) is 5.55. The van der Waals surface area contributed by atoms with Gasteiger partial charge in [0.05, 0.1) is 15.2 Å². The van der Waals surface area contributed by atoms with Gasteiger partial charge < -0.3 is 5.73 Å². The van der Waals surface area contributed by atoms with E-state index in [2.05, 4.69) is 11.1 Å². The van der Waals surface area contributed by atoms with Crippen LogP contribution in [0.5, 0.6) is 0 Å². The molecule has 1 heterocycles. The van der Waals surface area contributed by atoms with Crippen molar-refractivity contribution in [3.05, 3.63) is 53.1 Å². The Morgan fingerprint density at radius 3 is 2.75 bits per heavy atom. The zero-order valence-corrected chi connectivity index (χ0v) is 13.2. The zero-order chi connectivity index (χ0) is 14.1. The van der Waals surface area contributed by atoms with Crippen LogP contribution in [0.1, 0.15) is 18.5 Å². The van der Waals surface area contributed by atoms with Crippen LogP contribution in [0.2, 0.25) is 5.02 Å². The van der Waals surface area contributed by atoms with Gasteiger partial charge in [0.1, 0.15) is 0 Å². The van der Waals surface area contributed by atoms with Crippen LogP contribution < -0.4 is 5.73 Å². The molecule has 0 aliphatic heterocycles. The van der Waals surface area contributed by atoms with Crippen LogP contribution in [-0.2, 0) is 0 Å². The van der Waals surface area contributed by atoms with Crippen LogP contribution in [0.25, 0.3) is 10.2 Å².